The summed E-state index contributed by atoms with van der Waals surface area (Å²) in [6.45, 7) is 5.56. The van der Waals surface area contributed by atoms with Crippen LogP contribution in [-0.2, 0) is 9.47 Å². The summed E-state index contributed by atoms with van der Waals surface area (Å²) in [7, 11) is 0. The zero-order valence-corrected chi connectivity index (χ0v) is 13.5. The highest BCUT2D eigenvalue weighted by molar-refractivity contribution is 14.1. The molecule has 0 saturated carbocycles. The Morgan fingerprint density at radius 2 is 1.18 bits per heavy atom. The van der Waals surface area contributed by atoms with E-state index in [-0.39, 0.29) is 0 Å². The van der Waals surface area contributed by atoms with Gasteiger partial charge < -0.3 is 9.47 Å². The fourth-order valence-corrected chi connectivity index (χ4v) is 2.14. The van der Waals surface area contributed by atoms with Crippen LogP contribution in [0.15, 0.2) is 0 Å². The van der Waals surface area contributed by atoms with Crippen molar-refractivity contribution in [2.45, 2.75) is 58.3 Å². The molecule has 0 aromatic heterocycles. The van der Waals surface area contributed by atoms with Gasteiger partial charge in [-0.3, -0.25) is 0 Å². The third-order valence-electron chi connectivity index (χ3n) is 2.69. The molecule has 0 spiro atoms. The maximum absolute atomic E-state index is 5.51. The molecule has 0 amide bonds. The van der Waals surface area contributed by atoms with Crippen LogP contribution in [-0.4, -0.2) is 30.9 Å². The van der Waals surface area contributed by atoms with E-state index >= 15 is 0 Å². The monoisotopic (exact) mass is 356 g/mol. The minimum atomic E-state index is 0.764. The molecule has 0 heterocycles. The number of halogens is 1. The third kappa shape index (κ3) is 16.6. The van der Waals surface area contributed by atoms with E-state index in [0.717, 1.165) is 26.4 Å². The van der Waals surface area contributed by atoms with Crippen LogP contribution in [0.2, 0.25) is 0 Å². The molecule has 0 unspecified atom stereocenters. The van der Waals surface area contributed by atoms with Gasteiger partial charge in [0.25, 0.3) is 0 Å². The smallest absolute Gasteiger partial charge is 0.0700 e. The molecule has 0 saturated heterocycles. The Balaban J connectivity index is 2.85. The SMILES string of the molecule is CCCCCCOCCOCCCCCCI. The number of alkyl halides is 1. The lowest BCUT2D eigenvalue weighted by molar-refractivity contribution is 0.0449. The van der Waals surface area contributed by atoms with Crippen molar-refractivity contribution in [1.29, 1.82) is 0 Å². The largest absolute Gasteiger partial charge is 0.379 e. The Kier molecular flexibility index (Phi) is 17.3. The van der Waals surface area contributed by atoms with E-state index in [1.807, 2.05) is 0 Å². The van der Waals surface area contributed by atoms with Crippen molar-refractivity contribution >= 4 is 22.6 Å². The normalized spacial score (nSPS) is 10.9. The minimum absolute atomic E-state index is 0.764. The van der Waals surface area contributed by atoms with E-state index in [0.29, 0.717) is 0 Å². The summed E-state index contributed by atoms with van der Waals surface area (Å²) in [6, 6.07) is 0. The lowest BCUT2D eigenvalue weighted by atomic mass is 10.2. The Bertz CT molecular complexity index is 117. The third-order valence-corrected chi connectivity index (χ3v) is 3.45. The zero-order valence-electron chi connectivity index (χ0n) is 11.4. The maximum atomic E-state index is 5.51. The van der Waals surface area contributed by atoms with Crippen molar-refractivity contribution in [3.05, 3.63) is 0 Å². The van der Waals surface area contributed by atoms with Gasteiger partial charge in [-0.15, -0.1) is 0 Å². The van der Waals surface area contributed by atoms with Crippen LogP contribution in [0.4, 0.5) is 0 Å². The Hall–Kier alpha value is 0.650. The van der Waals surface area contributed by atoms with Gasteiger partial charge in [0.05, 0.1) is 13.2 Å². The molecule has 0 bridgehead atoms. The molecule has 0 aliphatic carbocycles. The minimum Gasteiger partial charge on any atom is -0.379 e. The van der Waals surface area contributed by atoms with E-state index in [9.17, 15) is 0 Å². The summed E-state index contributed by atoms with van der Waals surface area (Å²) >= 11 is 2.43. The summed E-state index contributed by atoms with van der Waals surface area (Å²) in [4.78, 5) is 0. The summed E-state index contributed by atoms with van der Waals surface area (Å²) in [5.41, 5.74) is 0. The number of hydrogen-bond acceptors (Lipinski definition) is 2. The lowest BCUT2D eigenvalue weighted by Gasteiger charge is -2.05. The van der Waals surface area contributed by atoms with Gasteiger partial charge in [0.1, 0.15) is 0 Å². The highest BCUT2D eigenvalue weighted by atomic mass is 127. The first kappa shape index (κ1) is 17.6. The second-order valence-corrected chi connectivity index (χ2v) is 5.47. The quantitative estimate of drug-likeness (QED) is 0.257. The molecular formula is C14H29IO2. The average molecular weight is 356 g/mol. The van der Waals surface area contributed by atoms with Crippen LogP contribution in [0, 0.1) is 0 Å². The van der Waals surface area contributed by atoms with Crippen LogP contribution in [0.3, 0.4) is 0 Å². The van der Waals surface area contributed by atoms with Crippen LogP contribution < -0.4 is 0 Å². The lowest BCUT2D eigenvalue weighted by Crippen LogP contribution is -2.06. The standard InChI is InChI=1S/C14H29IO2/c1-2-3-4-8-11-16-13-14-17-12-9-6-5-7-10-15/h2-14H2,1H3. The van der Waals surface area contributed by atoms with Crippen molar-refractivity contribution in [2.75, 3.05) is 30.9 Å². The van der Waals surface area contributed by atoms with E-state index < -0.39 is 0 Å². The molecular weight excluding hydrogens is 327 g/mol. The summed E-state index contributed by atoms with van der Waals surface area (Å²) in [6.07, 6.45) is 10.3. The van der Waals surface area contributed by atoms with Crippen LogP contribution >= 0.6 is 22.6 Å². The summed E-state index contributed by atoms with van der Waals surface area (Å²) < 4.78 is 12.3. The first-order valence-electron chi connectivity index (χ1n) is 7.13. The molecule has 0 N–H and O–H groups in total. The van der Waals surface area contributed by atoms with Crippen molar-refractivity contribution < 1.29 is 9.47 Å². The van der Waals surface area contributed by atoms with Gasteiger partial charge in [0.15, 0.2) is 0 Å². The molecule has 0 fully saturated rings. The first-order valence-corrected chi connectivity index (χ1v) is 8.65. The molecule has 104 valence electrons. The van der Waals surface area contributed by atoms with Crippen LogP contribution in [0.1, 0.15) is 58.3 Å². The van der Waals surface area contributed by atoms with E-state index in [1.54, 1.807) is 0 Å². The van der Waals surface area contributed by atoms with Gasteiger partial charge in [-0.2, -0.15) is 0 Å². The van der Waals surface area contributed by atoms with Crippen molar-refractivity contribution in [3.63, 3.8) is 0 Å². The molecule has 3 heteroatoms. The molecule has 0 rings (SSSR count). The zero-order chi connectivity index (χ0) is 12.6. The van der Waals surface area contributed by atoms with Crippen LogP contribution in [0.25, 0.3) is 0 Å². The number of rotatable bonds is 14. The Morgan fingerprint density at radius 3 is 1.71 bits per heavy atom. The molecule has 0 aromatic rings. The second-order valence-electron chi connectivity index (χ2n) is 4.39. The fourth-order valence-electron chi connectivity index (χ4n) is 1.61. The van der Waals surface area contributed by atoms with Crippen LogP contribution in [0.5, 0.6) is 0 Å². The highest BCUT2D eigenvalue weighted by Crippen LogP contribution is 2.02. The average Bonchev–Trinajstić information content (AvgIpc) is 2.35. The molecule has 0 radical (unpaired) electrons. The van der Waals surface area contributed by atoms with Gasteiger partial charge in [0, 0.05) is 13.2 Å². The van der Waals surface area contributed by atoms with Gasteiger partial charge in [0.2, 0.25) is 0 Å². The number of unbranched alkanes of at least 4 members (excludes halogenated alkanes) is 6. The maximum Gasteiger partial charge on any atom is 0.0700 e. The molecule has 17 heavy (non-hydrogen) atoms. The van der Waals surface area contributed by atoms with E-state index in [4.69, 9.17) is 9.47 Å². The second kappa shape index (κ2) is 16.6. The predicted octanol–water partition coefficient (Wildman–Crippen LogP) is 4.60. The molecule has 0 aliphatic rings. The van der Waals surface area contributed by atoms with Gasteiger partial charge >= 0.3 is 0 Å². The fraction of sp³-hybridized carbons (Fsp3) is 1.00. The van der Waals surface area contributed by atoms with E-state index in [1.165, 1.54) is 55.8 Å². The van der Waals surface area contributed by atoms with Crippen molar-refractivity contribution in [3.8, 4) is 0 Å². The summed E-state index contributed by atoms with van der Waals surface area (Å²) in [5, 5.41) is 0. The van der Waals surface area contributed by atoms with Crippen molar-refractivity contribution in [2.24, 2.45) is 0 Å². The van der Waals surface area contributed by atoms with Gasteiger partial charge in [-0.05, 0) is 23.7 Å². The molecule has 0 aliphatic heterocycles. The highest BCUT2D eigenvalue weighted by Gasteiger charge is 1.92. The van der Waals surface area contributed by atoms with Gasteiger partial charge in [-0.1, -0.05) is 61.6 Å². The first-order chi connectivity index (χ1) is 8.41. The molecule has 0 atom stereocenters. The predicted molar refractivity (Wildman–Crippen MR) is 83.1 cm³/mol. The van der Waals surface area contributed by atoms with Crippen molar-refractivity contribution in [1.82, 2.24) is 0 Å². The summed E-state index contributed by atoms with van der Waals surface area (Å²) in [5.74, 6) is 0. The van der Waals surface area contributed by atoms with E-state index in [2.05, 4.69) is 29.5 Å². The van der Waals surface area contributed by atoms with Gasteiger partial charge in [-0.25, -0.2) is 0 Å². The Labute approximate surface area is 121 Å². The molecule has 0 aromatic carbocycles. The Morgan fingerprint density at radius 1 is 0.647 bits per heavy atom. The topological polar surface area (TPSA) is 18.5 Å². The number of hydrogen-bond donors (Lipinski definition) is 0. The molecule has 2 nitrogen and oxygen atoms in total. The number of ether oxygens (including phenoxy) is 2.